The van der Waals surface area contributed by atoms with Crippen molar-refractivity contribution in [2.45, 2.75) is 92.4 Å². The van der Waals surface area contributed by atoms with Gasteiger partial charge in [-0.2, -0.15) is 0 Å². The molecule has 1 aliphatic rings. The van der Waals surface area contributed by atoms with Gasteiger partial charge in [0.25, 0.3) is 0 Å². The van der Waals surface area contributed by atoms with E-state index in [1.807, 2.05) is 32.9 Å². The number of rotatable bonds is 5. The summed E-state index contributed by atoms with van der Waals surface area (Å²) in [6, 6.07) is 8.11. The molecule has 0 amide bonds. The molecule has 0 spiro atoms. The Hall–Kier alpha value is -2.94. The fourth-order valence-corrected chi connectivity index (χ4v) is 5.92. The summed E-state index contributed by atoms with van der Waals surface area (Å²) in [6.07, 6.45) is 7.39. The van der Waals surface area contributed by atoms with E-state index in [0.29, 0.717) is 29.6 Å². The molecule has 4 rings (SSSR count). The highest BCUT2D eigenvalue weighted by Gasteiger charge is 2.23. The van der Waals surface area contributed by atoms with E-state index in [2.05, 4.69) is 32.9 Å². The van der Waals surface area contributed by atoms with Crippen LogP contribution >= 0.6 is 0 Å². The first-order valence-corrected chi connectivity index (χ1v) is 13.0. The van der Waals surface area contributed by atoms with Crippen molar-refractivity contribution in [1.29, 1.82) is 0 Å². The van der Waals surface area contributed by atoms with Gasteiger partial charge in [0, 0.05) is 6.42 Å². The predicted octanol–water partition coefficient (Wildman–Crippen LogP) is 7.88. The molecule has 0 heterocycles. The third kappa shape index (κ3) is 4.91. The van der Waals surface area contributed by atoms with E-state index >= 15 is 0 Å². The molecule has 3 nitrogen and oxygen atoms in total. The maximum Gasteiger partial charge on any atom is 0.122 e. The average molecular weight is 473 g/mol. The minimum Gasteiger partial charge on any atom is -0.508 e. The van der Waals surface area contributed by atoms with Crippen LogP contribution in [0.15, 0.2) is 24.3 Å². The number of aryl methyl sites for hydroxylation is 2. The van der Waals surface area contributed by atoms with Gasteiger partial charge in [-0.1, -0.05) is 31.4 Å². The van der Waals surface area contributed by atoms with Gasteiger partial charge in [0.1, 0.15) is 17.2 Å². The quantitative estimate of drug-likeness (QED) is 0.354. The maximum atomic E-state index is 11.5. The Morgan fingerprint density at radius 3 is 1.69 bits per heavy atom. The first-order chi connectivity index (χ1) is 16.6. The second-order valence-corrected chi connectivity index (χ2v) is 10.8. The SMILES string of the molecule is Cc1cc(O)c(C)c(C)c1Cc1cc(Cc2c(C)cc(O)c(C)c2C)c(O)c(C2CCCCC2)c1. The third-order valence-electron chi connectivity index (χ3n) is 8.53. The Morgan fingerprint density at radius 2 is 1.14 bits per heavy atom. The number of aromatic hydroxyl groups is 3. The van der Waals surface area contributed by atoms with Crippen molar-refractivity contribution in [3.63, 3.8) is 0 Å². The average Bonchev–Trinajstić information content (AvgIpc) is 2.83. The van der Waals surface area contributed by atoms with Crippen LogP contribution in [-0.2, 0) is 12.8 Å². The van der Waals surface area contributed by atoms with Gasteiger partial charge in [-0.25, -0.2) is 0 Å². The highest BCUT2D eigenvalue weighted by atomic mass is 16.3. The maximum absolute atomic E-state index is 11.5. The molecule has 0 radical (unpaired) electrons. The van der Waals surface area contributed by atoms with Crippen LogP contribution in [-0.4, -0.2) is 15.3 Å². The lowest BCUT2D eigenvalue weighted by Crippen LogP contribution is -2.08. The molecule has 0 bridgehead atoms. The lowest BCUT2D eigenvalue weighted by molar-refractivity contribution is 0.411. The van der Waals surface area contributed by atoms with Gasteiger partial charge in [-0.15, -0.1) is 0 Å². The molecular weight excluding hydrogens is 432 g/mol. The molecule has 0 atom stereocenters. The largest absolute Gasteiger partial charge is 0.508 e. The summed E-state index contributed by atoms with van der Waals surface area (Å²) in [5.74, 6) is 1.53. The van der Waals surface area contributed by atoms with E-state index in [-0.39, 0.29) is 0 Å². The fourth-order valence-electron chi connectivity index (χ4n) is 5.92. The Labute approximate surface area is 210 Å². The fraction of sp³-hybridized carbons (Fsp3) is 0.438. The van der Waals surface area contributed by atoms with Crippen LogP contribution < -0.4 is 0 Å². The lowest BCUT2D eigenvalue weighted by atomic mass is 9.80. The van der Waals surface area contributed by atoms with E-state index in [1.165, 1.54) is 36.0 Å². The van der Waals surface area contributed by atoms with Gasteiger partial charge in [-0.3, -0.25) is 0 Å². The highest BCUT2D eigenvalue weighted by molar-refractivity contribution is 5.55. The molecule has 1 saturated carbocycles. The van der Waals surface area contributed by atoms with Crippen molar-refractivity contribution >= 4 is 0 Å². The summed E-state index contributed by atoms with van der Waals surface area (Å²) < 4.78 is 0. The topological polar surface area (TPSA) is 60.7 Å². The predicted molar refractivity (Wildman–Crippen MR) is 144 cm³/mol. The smallest absolute Gasteiger partial charge is 0.122 e. The summed E-state index contributed by atoms with van der Waals surface area (Å²) in [5, 5.41) is 32.1. The molecule has 0 aromatic heterocycles. The molecule has 0 aliphatic heterocycles. The number of hydrogen-bond donors (Lipinski definition) is 3. The summed E-state index contributed by atoms with van der Waals surface area (Å²) in [6.45, 7) is 12.2. The number of phenols is 3. The van der Waals surface area contributed by atoms with E-state index < -0.39 is 0 Å². The highest BCUT2D eigenvalue weighted by Crippen LogP contribution is 2.41. The Balaban J connectivity index is 1.83. The van der Waals surface area contributed by atoms with Crippen LogP contribution in [0.25, 0.3) is 0 Å². The van der Waals surface area contributed by atoms with Crippen molar-refractivity contribution in [2.75, 3.05) is 0 Å². The Bertz CT molecular complexity index is 1260. The molecule has 3 heteroatoms. The van der Waals surface area contributed by atoms with Gasteiger partial charge in [-0.05, 0) is 140 Å². The Morgan fingerprint density at radius 1 is 0.629 bits per heavy atom. The second-order valence-electron chi connectivity index (χ2n) is 10.8. The van der Waals surface area contributed by atoms with E-state index in [0.717, 1.165) is 63.8 Å². The zero-order valence-corrected chi connectivity index (χ0v) is 22.2. The minimum absolute atomic E-state index is 0.332. The van der Waals surface area contributed by atoms with Gasteiger partial charge in [0.2, 0.25) is 0 Å². The summed E-state index contributed by atoms with van der Waals surface area (Å²) in [4.78, 5) is 0. The molecule has 186 valence electrons. The number of phenolic OH excluding ortho intramolecular Hbond substituents is 3. The van der Waals surface area contributed by atoms with Gasteiger partial charge < -0.3 is 15.3 Å². The van der Waals surface area contributed by atoms with Gasteiger partial charge in [0.15, 0.2) is 0 Å². The van der Waals surface area contributed by atoms with Crippen molar-refractivity contribution in [3.8, 4) is 17.2 Å². The monoisotopic (exact) mass is 472 g/mol. The van der Waals surface area contributed by atoms with E-state index in [4.69, 9.17) is 0 Å². The molecule has 0 saturated heterocycles. The molecule has 35 heavy (non-hydrogen) atoms. The standard InChI is InChI=1S/C32H40O3/c1-18-12-30(33)22(5)20(3)27(18)15-24-14-26(17-28-19(2)13-31(34)23(6)21(28)4)32(35)29(16-24)25-10-8-7-9-11-25/h12-14,16,25,33-35H,7-11,15,17H2,1-6H3. The minimum atomic E-state index is 0.332. The van der Waals surface area contributed by atoms with Crippen molar-refractivity contribution in [2.24, 2.45) is 0 Å². The molecule has 3 N–H and O–H groups in total. The van der Waals surface area contributed by atoms with Crippen molar-refractivity contribution in [3.05, 3.63) is 85.5 Å². The normalized spacial score (nSPS) is 14.5. The molecule has 1 aliphatic carbocycles. The molecule has 0 unspecified atom stereocenters. The van der Waals surface area contributed by atoms with Gasteiger partial charge in [0.05, 0.1) is 0 Å². The lowest BCUT2D eigenvalue weighted by Gasteiger charge is -2.25. The molecule has 1 fully saturated rings. The zero-order chi connectivity index (χ0) is 25.4. The molecule has 3 aromatic rings. The first kappa shape index (κ1) is 25.2. The van der Waals surface area contributed by atoms with Gasteiger partial charge >= 0.3 is 0 Å². The first-order valence-electron chi connectivity index (χ1n) is 13.0. The summed E-state index contributed by atoms with van der Waals surface area (Å²) in [7, 11) is 0. The van der Waals surface area contributed by atoms with Crippen molar-refractivity contribution < 1.29 is 15.3 Å². The van der Waals surface area contributed by atoms with Crippen LogP contribution in [0.3, 0.4) is 0 Å². The van der Waals surface area contributed by atoms with Crippen LogP contribution in [0.4, 0.5) is 0 Å². The zero-order valence-electron chi connectivity index (χ0n) is 22.2. The second kappa shape index (κ2) is 9.97. The van der Waals surface area contributed by atoms with Crippen LogP contribution in [0, 0.1) is 41.5 Å². The van der Waals surface area contributed by atoms with E-state index in [1.54, 1.807) is 0 Å². The van der Waals surface area contributed by atoms with E-state index in [9.17, 15) is 15.3 Å². The third-order valence-corrected chi connectivity index (χ3v) is 8.53. The molecular formula is C32H40O3. The summed E-state index contributed by atoms with van der Waals surface area (Å²) in [5.41, 5.74) is 11.9. The van der Waals surface area contributed by atoms with Crippen LogP contribution in [0.1, 0.15) is 99.2 Å². The van der Waals surface area contributed by atoms with Crippen LogP contribution in [0.2, 0.25) is 0 Å². The van der Waals surface area contributed by atoms with Crippen LogP contribution in [0.5, 0.6) is 17.2 Å². The Kier molecular flexibility index (Phi) is 7.17. The van der Waals surface area contributed by atoms with Crippen molar-refractivity contribution in [1.82, 2.24) is 0 Å². The number of benzene rings is 3. The molecule has 3 aromatic carbocycles. The number of hydrogen-bond acceptors (Lipinski definition) is 3. The summed E-state index contributed by atoms with van der Waals surface area (Å²) >= 11 is 0.